The average molecular weight is 1850 g/mol. The van der Waals surface area contributed by atoms with Gasteiger partial charge in [-0.1, -0.05) is 357 Å². The lowest BCUT2D eigenvalue weighted by Crippen LogP contribution is -2.43. The molecular formula is C113H231N5O8S2. The lowest BCUT2D eigenvalue weighted by atomic mass is 9.65. The molecule has 0 atom stereocenters. The second kappa shape index (κ2) is 71.4. The Kier molecular flexibility index (Phi) is 74.9. The van der Waals surface area contributed by atoms with Gasteiger partial charge in [0, 0.05) is 51.1 Å². The number of sulfonamides is 2. The molecule has 4 heterocycles. The van der Waals surface area contributed by atoms with Gasteiger partial charge in [-0.2, -0.15) is 5.26 Å². The third-order valence-electron chi connectivity index (χ3n) is 29.1. The standard InChI is InChI=1S/C14H27NO2.C12H25NO2S.C11H23NO2S.C11H23N.3C10H20.2C9H16O.C7H11N.5C2H6/c1-13(2,3)11-7-9-15(10-8-11)12(16)17-14(4,5)6;1-5-10-16(14,15)13-8-6-11(7-9-13)12(2,3)4;1-5-15(13,14)12-8-6-10(7-9-12)11(2,3)4;1-5-12-8-6-10(7-9-12)11(2,3)4;1-10(2,3)9-7-5-4-6-8-9;2*1-3-4-10-7-5-9(2)6-8-10;2*1-7-3-5-9(6-4-7)8(2)10;1-6-3-7(2,4-6)5-8;5*1-2/h11H,7-10H2,1-6H3;11H,5-10H2,1-4H3;10H,5-9H2,1-4H3;10H,5-9H2,1-4H3;9H,4-8H2,1-3H3;2*9-10H,3-8H2,1-2H3;2*7,9H,3-6H2,1-2H3;6H,3-4H2,1-2H3;5*1-2H3. The first-order valence-corrected chi connectivity index (χ1v) is 57.8. The fourth-order valence-corrected chi connectivity index (χ4v) is 22.5. The Morgan fingerprint density at radius 3 is 0.844 bits per heavy atom. The molecule has 128 heavy (non-hydrogen) atoms. The third-order valence-corrected chi connectivity index (χ3v) is 33.1. The van der Waals surface area contributed by atoms with Gasteiger partial charge in [0.2, 0.25) is 20.0 Å². The number of ether oxygens (including phenoxy) is 1. The van der Waals surface area contributed by atoms with Crippen LogP contribution in [0.25, 0.3) is 0 Å². The van der Waals surface area contributed by atoms with E-state index in [2.05, 4.69) is 170 Å². The first kappa shape index (κ1) is 134. The van der Waals surface area contributed by atoms with Crippen LogP contribution in [0.5, 0.6) is 0 Å². The first-order chi connectivity index (χ1) is 59.5. The summed E-state index contributed by atoms with van der Waals surface area (Å²) in [4.78, 5) is 38.1. The van der Waals surface area contributed by atoms with Gasteiger partial charge in [-0.25, -0.2) is 30.2 Å². The zero-order valence-electron chi connectivity index (χ0n) is 94.1. The number of nitriles is 1. The van der Waals surface area contributed by atoms with Crippen molar-refractivity contribution >= 4 is 37.7 Å². The second-order valence-electron chi connectivity index (χ2n) is 46.3. The van der Waals surface area contributed by atoms with Gasteiger partial charge in [-0.05, 0) is 275 Å². The highest BCUT2D eigenvalue weighted by atomic mass is 32.2. The van der Waals surface area contributed by atoms with Gasteiger partial charge in [0.25, 0.3) is 0 Å². The molecule has 0 bridgehead atoms. The molecule has 15 heteroatoms. The quantitative estimate of drug-likeness (QED) is 0.184. The van der Waals surface area contributed by atoms with Crippen molar-refractivity contribution in [1.82, 2.24) is 18.4 Å². The summed E-state index contributed by atoms with van der Waals surface area (Å²) in [6.07, 6.45) is 46.4. The SMILES string of the molecule is CC.CC.CC.CC.CC.CC(=O)C1CCC(C)CC1.CC(=O)C1CCC(C)CC1.CC(C)(C)C1CCCCC1.CC(C)(C)OC(=O)N1CCC(C(C)(C)C)CC1.CC1CC(C)(C#N)C1.CCCC1CCC(C)CC1.CCCC1CCC(C)CC1.CCCS(=O)(=O)N1CCC(C(C)(C)C)CC1.CCN1CCC(C(C)(C)C)CC1.CCS(=O)(=O)N1CCC(C(C)(C)C)CC1. The molecule has 0 aromatic heterocycles. The van der Waals surface area contributed by atoms with E-state index in [4.69, 9.17) is 10.00 Å². The Morgan fingerprint density at radius 1 is 0.359 bits per heavy atom. The van der Waals surface area contributed by atoms with Crippen LogP contribution in [0.15, 0.2) is 0 Å². The van der Waals surface area contributed by atoms with Crippen molar-refractivity contribution in [1.29, 1.82) is 5.26 Å². The number of ketones is 2. The third kappa shape index (κ3) is 62.6. The maximum absolute atomic E-state index is 11.9. The van der Waals surface area contributed by atoms with Gasteiger partial charge in [0.15, 0.2) is 0 Å². The zero-order chi connectivity index (χ0) is 100. The predicted octanol–water partition coefficient (Wildman–Crippen LogP) is 33.7. The van der Waals surface area contributed by atoms with E-state index in [0.717, 1.165) is 143 Å². The fourth-order valence-electron chi connectivity index (χ4n) is 19.9. The normalized spacial score (nSPS) is 25.4. The molecule has 0 N–H and O–H groups in total. The van der Waals surface area contributed by atoms with Crippen LogP contribution >= 0.6 is 0 Å². The topological polar surface area (TPSA) is 165 Å². The molecule has 4 saturated heterocycles. The van der Waals surface area contributed by atoms with E-state index in [1.165, 1.54) is 167 Å². The van der Waals surface area contributed by atoms with Crippen LogP contribution in [0, 0.1) is 127 Å². The van der Waals surface area contributed by atoms with Crippen molar-refractivity contribution in [2.24, 2.45) is 115 Å². The van der Waals surface area contributed by atoms with Crippen LogP contribution in [-0.2, 0) is 34.4 Å². The van der Waals surface area contributed by atoms with Crippen LogP contribution in [0.4, 0.5) is 4.79 Å². The minimum atomic E-state index is -2.97. The highest BCUT2D eigenvalue weighted by molar-refractivity contribution is 7.89. The van der Waals surface area contributed by atoms with Crippen molar-refractivity contribution in [2.45, 2.75) is 521 Å². The molecule has 4 aliphatic heterocycles. The van der Waals surface area contributed by atoms with Crippen molar-refractivity contribution in [3.63, 3.8) is 0 Å². The summed E-state index contributed by atoms with van der Waals surface area (Å²) >= 11 is 0. The summed E-state index contributed by atoms with van der Waals surface area (Å²) in [7, 11) is -5.93. The summed E-state index contributed by atoms with van der Waals surface area (Å²) in [5.74, 6) is 12.8. The van der Waals surface area contributed by atoms with Gasteiger partial charge in [-0.15, -0.1) is 0 Å². The minimum absolute atomic E-state index is 0.0411. The van der Waals surface area contributed by atoms with Gasteiger partial charge >= 0.3 is 6.09 Å². The van der Waals surface area contributed by atoms with Gasteiger partial charge in [0.1, 0.15) is 17.2 Å². The molecule has 0 aromatic carbocycles. The van der Waals surface area contributed by atoms with Crippen LogP contribution < -0.4 is 0 Å². The molecule has 13 nitrogen and oxygen atoms in total. The summed E-state index contributed by atoms with van der Waals surface area (Å²) < 4.78 is 55.7. The molecule has 0 aromatic rings. The Balaban J connectivity index is -0.000000436. The largest absolute Gasteiger partial charge is 0.444 e. The van der Waals surface area contributed by atoms with E-state index >= 15 is 0 Å². The van der Waals surface area contributed by atoms with E-state index < -0.39 is 25.6 Å². The summed E-state index contributed by atoms with van der Waals surface area (Å²) in [5.41, 5.74) is 1.71. The van der Waals surface area contributed by atoms with Crippen LogP contribution in [0.2, 0.25) is 0 Å². The number of piperidine rings is 4. The van der Waals surface area contributed by atoms with E-state index in [1.807, 2.05) is 109 Å². The van der Waals surface area contributed by atoms with Gasteiger partial charge < -0.3 is 14.5 Å². The Bertz CT molecular complexity index is 2840. The Morgan fingerprint density at radius 2 is 0.625 bits per heavy atom. The lowest BCUT2D eigenvalue weighted by molar-refractivity contribution is -0.122. The number of Topliss-reactive ketones (excluding diaryl/α,β-unsaturated/α-hetero) is 2. The number of rotatable bonds is 12. The molecule has 0 spiro atoms. The molecule has 10 fully saturated rings. The maximum Gasteiger partial charge on any atom is 0.410 e. The Hall–Kier alpha value is -2.12. The van der Waals surface area contributed by atoms with Crippen molar-refractivity contribution in [2.75, 3.05) is 70.4 Å². The molecular weight excluding hydrogens is 1620 g/mol. The summed E-state index contributed by atoms with van der Waals surface area (Å²) in [6, 6.07) is 2.31. The van der Waals surface area contributed by atoms with Crippen molar-refractivity contribution < 1.29 is 36.0 Å². The van der Waals surface area contributed by atoms with Crippen molar-refractivity contribution in [3.8, 4) is 6.07 Å². The fraction of sp³-hybridized carbons (Fsp3) is 0.965. The van der Waals surface area contributed by atoms with Gasteiger partial charge in [-0.3, -0.25) is 9.59 Å². The molecule has 6 aliphatic carbocycles. The molecule has 10 rings (SSSR count). The summed E-state index contributed by atoms with van der Waals surface area (Å²) in [5, 5.41) is 8.51. The zero-order valence-corrected chi connectivity index (χ0v) is 95.8. The number of likely N-dealkylation sites (tertiary alicyclic amines) is 2. The monoisotopic (exact) mass is 1850 g/mol. The molecule has 6 saturated carbocycles. The highest BCUT2D eigenvalue weighted by Gasteiger charge is 2.39. The number of nitrogens with zero attached hydrogens (tertiary/aromatic N) is 5. The van der Waals surface area contributed by atoms with Crippen LogP contribution in [0.3, 0.4) is 0 Å². The number of amides is 1. The number of carbonyl (C=O) groups is 3. The minimum Gasteiger partial charge on any atom is -0.444 e. The van der Waals surface area contributed by atoms with E-state index in [-0.39, 0.29) is 17.3 Å². The predicted molar refractivity (Wildman–Crippen MR) is 566 cm³/mol. The number of hydrogen-bond donors (Lipinski definition) is 0. The second-order valence-corrected chi connectivity index (χ2v) is 50.7. The molecule has 768 valence electrons. The maximum atomic E-state index is 11.9. The van der Waals surface area contributed by atoms with Crippen molar-refractivity contribution in [3.05, 3.63) is 0 Å². The highest BCUT2D eigenvalue weighted by Crippen LogP contribution is 2.45. The first-order valence-electron chi connectivity index (χ1n) is 54.6. The smallest absolute Gasteiger partial charge is 0.410 e. The lowest BCUT2D eigenvalue weighted by Gasteiger charge is -2.39. The van der Waals surface area contributed by atoms with Crippen LogP contribution in [-0.4, -0.2) is 129 Å². The number of carbonyl (C=O) groups excluding carboxylic acids is 3. The average Bonchev–Trinajstić information content (AvgIpc) is 0.825. The molecule has 0 radical (unpaired) electrons. The summed E-state index contributed by atoms with van der Waals surface area (Å²) in [6.45, 7) is 96.1. The van der Waals surface area contributed by atoms with Crippen LogP contribution in [0.1, 0.15) is 515 Å². The molecule has 1 amide bonds. The van der Waals surface area contributed by atoms with Gasteiger partial charge in [0.05, 0.1) is 23.0 Å². The molecule has 10 aliphatic rings. The van der Waals surface area contributed by atoms with E-state index in [1.54, 1.807) is 29.4 Å². The number of hydrogen-bond acceptors (Lipinski definition) is 10. The molecule has 0 unspecified atom stereocenters. The van der Waals surface area contributed by atoms with E-state index in [0.29, 0.717) is 107 Å². The Labute approximate surface area is 804 Å². The van der Waals surface area contributed by atoms with E-state index in [9.17, 15) is 31.2 Å².